The summed E-state index contributed by atoms with van der Waals surface area (Å²) in [6, 6.07) is 11.7. The van der Waals surface area contributed by atoms with Crippen molar-refractivity contribution in [2.75, 3.05) is 18.4 Å². The van der Waals surface area contributed by atoms with Crippen LogP contribution in [0, 0.1) is 0 Å². The van der Waals surface area contributed by atoms with E-state index in [1.165, 1.54) is 0 Å². The quantitative estimate of drug-likeness (QED) is 0.847. The normalized spacial score (nSPS) is 14.2. The van der Waals surface area contributed by atoms with Gasteiger partial charge in [0.1, 0.15) is 0 Å². The van der Waals surface area contributed by atoms with Gasteiger partial charge >= 0.3 is 0 Å². The molecule has 0 aliphatic carbocycles. The van der Waals surface area contributed by atoms with Gasteiger partial charge in [-0.05, 0) is 23.8 Å². The summed E-state index contributed by atoms with van der Waals surface area (Å²) in [5.41, 5.74) is 2.91. The number of amides is 1. The topological polar surface area (TPSA) is 45.2 Å². The molecule has 0 spiro atoms. The Bertz CT molecular complexity index is 583. The van der Waals surface area contributed by atoms with Crippen LogP contribution >= 0.6 is 0 Å². The minimum atomic E-state index is 0.0339. The standard InChI is InChI=1S/C15H15N3O/c19-15(12-5-3-7-16-10-12)18-9-8-17-14-6-2-1-4-13(14)11-18/h1-7,10,17H,8-9,11H2. The second kappa shape index (κ2) is 5.10. The second-order valence-electron chi connectivity index (χ2n) is 4.55. The van der Waals surface area contributed by atoms with E-state index in [1.807, 2.05) is 23.1 Å². The molecule has 1 aromatic carbocycles. The number of aromatic nitrogens is 1. The van der Waals surface area contributed by atoms with Crippen LogP contribution in [-0.2, 0) is 6.54 Å². The SMILES string of the molecule is O=C(c1cccnc1)N1CCNc2ccccc2C1. The number of hydrogen-bond acceptors (Lipinski definition) is 3. The molecule has 19 heavy (non-hydrogen) atoms. The van der Waals surface area contributed by atoms with E-state index in [9.17, 15) is 4.79 Å². The summed E-state index contributed by atoms with van der Waals surface area (Å²) in [5.74, 6) is 0.0339. The third-order valence-corrected chi connectivity index (χ3v) is 3.27. The summed E-state index contributed by atoms with van der Waals surface area (Å²) in [6.07, 6.45) is 3.29. The maximum absolute atomic E-state index is 12.4. The summed E-state index contributed by atoms with van der Waals surface area (Å²) in [5, 5.41) is 3.35. The van der Waals surface area contributed by atoms with E-state index in [0.717, 1.165) is 17.8 Å². The molecule has 0 saturated carbocycles. The smallest absolute Gasteiger partial charge is 0.255 e. The molecule has 2 heterocycles. The molecule has 3 rings (SSSR count). The monoisotopic (exact) mass is 253 g/mol. The predicted molar refractivity (Wildman–Crippen MR) is 73.9 cm³/mol. The van der Waals surface area contributed by atoms with E-state index in [4.69, 9.17) is 0 Å². The minimum Gasteiger partial charge on any atom is -0.383 e. The Hall–Kier alpha value is -2.36. The molecule has 1 aliphatic heterocycles. The molecule has 0 fully saturated rings. The summed E-state index contributed by atoms with van der Waals surface area (Å²) < 4.78 is 0. The molecule has 0 saturated heterocycles. The number of carbonyl (C=O) groups is 1. The summed E-state index contributed by atoms with van der Waals surface area (Å²) in [7, 11) is 0. The predicted octanol–water partition coefficient (Wildman–Crippen LogP) is 2.15. The third kappa shape index (κ3) is 2.42. The first-order valence-electron chi connectivity index (χ1n) is 6.36. The number of carbonyl (C=O) groups excluding carboxylic acids is 1. The van der Waals surface area contributed by atoms with Crippen molar-refractivity contribution in [3.05, 3.63) is 59.9 Å². The highest BCUT2D eigenvalue weighted by molar-refractivity contribution is 5.94. The van der Waals surface area contributed by atoms with Gasteiger partial charge in [-0.2, -0.15) is 0 Å². The van der Waals surface area contributed by atoms with Crippen LogP contribution in [-0.4, -0.2) is 28.9 Å². The summed E-state index contributed by atoms with van der Waals surface area (Å²) in [4.78, 5) is 18.3. The van der Waals surface area contributed by atoms with Gasteiger partial charge in [-0.15, -0.1) is 0 Å². The number of anilines is 1. The molecule has 0 unspecified atom stereocenters. The number of benzene rings is 1. The average molecular weight is 253 g/mol. The molecular weight excluding hydrogens is 238 g/mol. The largest absolute Gasteiger partial charge is 0.383 e. The fourth-order valence-corrected chi connectivity index (χ4v) is 2.29. The van der Waals surface area contributed by atoms with Crippen molar-refractivity contribution < 1.29 is 4.79 Å². The molecule has 0 atom stereocenters. The Kier molecular flexibility index (Phi) is 3.14. The van der Waals surface area contributed by atoms with E-state index < -0.39 is 0 Å². The van der Waals surface area contributed by atoms with Crippen LogP contribution in [0.15, 0.2) is 48.8 Å². The number of para-hydroxylation sites is 1. The van der Waals surface area contributed by atoms with Gasteiger partial charge in [0.2, 0.25) is 0 Å². The van der Waals surface area contributed by atoms with Crippen LogP contribution in [0.25, 0.3) is 0 Å². The summed E-state index contributed by atoms with van der Waals surface area (Å²) >= 11 is 0. The summed E-state index contributed by atoms with van der Waals surface area (Å²) in [6.45, 7) is 2.10. The van der Waals surface area contributed by atoms with Gasteiger partial charge in [0.15, 0.2) is 0 Å². The fraction of sp³-hybridized carbons (Fsp3) is 0.200. The van der Waals surface area contributed by atoms with Crippen molar-refractivity contribution in [3.8, 4) is 0 Å². The number of hydrogen-bond donors (Lipinski definition) is 1. The van der Waals surface area contributed by atoms with Crippen LogP contribution in [0.5, 0.6) is 0 Å². The molecule has 1 N–H and O–H groups in total. The lowest BCUT2D eigenvalue weighted by Gasteiger charge is -2.20. The highest BCUT2D eigenvalue weighted by atomic mass is 16.2. The fourth-order valence-electron chi connectivity index (χ4n) is 2.29. The Morgan fingerprint density at radius 1 is 1.21 bits per heavy atom. The number of rotatable bonds is 1. The molecule has 96 valence electrons. The van der Waals surface area contributed by atoms with Crippen molar-refractivity contribution in [2.45, 2.75) is 6.54 Å². The van der Waals surface area contributed by atoms with E-state index in [1.54, 1.807) is 24.5 Å². The van der Waals surface area contributed by atoms with Crippen molar-refractivity contribution in [2.24, 2.45) is 0 Å². The Morgan fingerprint density at radius 3 is 2.95 bits per heavy atom. The zero-order chi connectivity index (χ0) is 13.1. The number of pyridine rings is 1. The lowest BCUT2D eigenvalue weighted by molar-refractivity contribution is 0.0752. The van der Waals surface area contributed by atoms with E-state index >= 15 is 0 Å². The first-order valence-corrected chi connectivity index (χ1v) is 6.36. The van der Waals surface area contributed by atoms with Crippen LogP contribution in [0.2, 0.25) is 0 Å². The van der Waals surface area contributed by atoms with Gasteiger partial charge in [-0.3, -0.25) is 9.78 Å². The molecule has 1 aliphatic rings. The van der Waals surface area contributed by atoms with Crippen molar-refractivity contribution in [3.63, 3.8) is 0 Å². The molecule has 4 heteroatoms. The molecule has 2 aromatic rings. The van der Waals surface area contributed by atoms with Crippen LogP contribution < -0.4 is 5.32 Å². The number of nitrogens with zero attached hydrogens (tertiary/aromatic N) is 2. The lowest BCUT2D eigenvalue weighted by Crippen LogP contribution is -2.32. The molecule has 1 aromatic heterocycles. The van der Waals surface area contributed by atoms with E-state index in [2.05, 4.69) is 16.4 Å². The molecule has 1 amide bonds. The van der Waals surface area contributed by atoms with Crippen molar-refractivity contribution in [1.29, 1.82) is 0 Å². The van der Waals surface area contributed by atoms with Gasteiger partial charge in [-0.1, -0.05) is 18.2 Å². The third-order valence-electron chi connectivity index (χ3n) is 3.27. The van der Waals surface area contributed by atoms with Gasteiger partial charge < -0.3 is 10.2 Å². The molecular formula is C15H15N3O. The maximum Gasteiger partial charge on any atom is 0.255 e. The van der Waals surface area contributed by atoms with Crippen molar-refractivity contribution in [1.82, 2.24) is 9.88 Å². The number of fused-ring (bicyclic) bond motifs is 1. The molecule has 0 radical (unpaired) electrons. The highest BCUT2D eigenvalue weighted by Crippen LogP contribution is 2.20. The average Bonchev–Trinajstić information content (AvgIpc) is 2.69. The highest BCUT2D eigenvalue weighted by Gasteiger charge is 2.19. The van der Waals surface area contributed by atoms with Crippen LogP contribution in [0.4, 0.5) is 5.69 Å². The van der Waals surface area contributed by atoms with Gasteiger partial charge in [-0.25, -0.2) is 0 Å². The molecule has 0 bridgehead atoms. The Balaban J connectivity index is 1.85. The van der Waals surface area contributed by atoms with Gasteiger partial charge in [0.25, 0.3) is 5.91 Å². The zero-order valence-electron chi connectivity index (χ0n) is 10.5. The second-order valence-corrected chi connectivity index (χ2v) is 4.55. The first kappa shape index (κ1) is 11.7. The Labute approximate surface area is 112 Å². The van der Waals surface area contributed by atoms with Crippen LogP contribution in [0.1, 0.15) is 15.9 Å². The number of nitrogens with one attached hydrogen (secondary N) is 1. The minimum absolute atomic E-state index is 0.0339. The van der Waals surface area contributed by atoms with Gasteiger partial charge in [0, 0.05) is 37.7 Å². The van der Waals surface area contributed by atoms with E-state index in [-0.39, 0.29) is 5.91 Å². The lowest BCUT2D eigenvalue weighted by atomic mass is 10.1. The maximum atomic E-state index is 12.4. The van der Waals surface area contributed by atoms with Crippen LogP contribution in [0.3, 0.4) is 0 Å². The molecule has 4 nitrogen and oxygen atoms in total. The zero-order valence-corrected chi connectivity index (χ0v) is 10.5. The van der Waals surface area contributed by atoms with Crippen molar-refractivity contribution >= 4 is 11.6 Å². The first-order chi connectivity index (χ1) is 9.34. The van der Waals surface area contributed by atoms with E-state index in [0.29, 0.717) is 18.7 Å². The van der Waals surface area contributed by atoms with Gasteiger partial charge in [0.05, 0.1) is 5.56 Å². The Morgan fingerprint density at radius 2 is 2.11 bits per heavy atom.